The molecule has 1 saturated heterocycles. The van der Waals surface area contributed by atoms with Gasteiger partial charge in [-0.1, -0.05) is 44.4 Å². The number of amides is 2. The van der Waals surface area contributed by atoms with Crippen LogP contribution >= 0.6 is 12.2 Å². The molecule has 1 heterocycles. The molecule has 7 heteroatoms. The van der Waals surface area contributed by atoms with Gasteiger partial charge in [0.05, 0.1) is 17.9 Å². The lowest BCUT2D eigenvalue weighted by Gasteiger charge is -2.22. The number of nitrogens with one attached hydrogen (secondary N) is 2. The topological polar surface area (TPSA) is 70.7 Å². The van der Waals surface area contributed by atoms with Crippen LogP contribution in [-0.2, 0) is 0 Å². The maximum atomic E-state index is 13.1. The van der Waals surface area contributed by atoms with Crippen LogP contribution in [0.25, 0.3) is 0 Å². The Morgan fingerprint density at radius 2 is 1.78 bits per heavy atom. The van der Waals surface area contributed by atoms with Crippen LogP contribution in [0.1, 0.15) is 66.2 Å². The van der Waals surface area contributed by atoms with Crippen molar-refractivity contribution in [1.82, 2.24) is 10.2 Å². The molecule has 32 heavy (non-hydrogen) atoms. The molecule has 0 aliphatic carbocycles. The third-order valence-electron chi connectivity index (χ3n) is 5.39. The fourth-order valence-electron chi connectivity index (χ4n) is 3.61. The fourth-order valence-corrected chi connectivity index (χ4v) is 3.82. The number of thiocarbonyl (C=S) groups is 1. The molecule has 6 nitrogen and oxygen atoms in total. The van der Waals surface area contributed by atoms with Crippen molar-refractivity contribution in [2.24, 2.45) is 0 Å². The van der Waals surface area contributed by atoms with Crippen molar-refractivity contribution < 1.29 is 14.3 Å². The minimum absolute atomic E-state index is 0.0129. The van der Waals surface area contributed by atoms with Crippen molar-refractivity contribution in [3.05, 3.63) is 59.7 Å². The van der Waals surface area contributed by atoms with Gasteiger partial charge in [-0.05, 0) is 61.8 Å². The van der Waals surface area contributed by atoms with Crippen LogP contribution < -0.4 is 15.4 Å². The monoisotopic (exact) mass is 453 g/mol. The van der Waals surface area contributed by atoms with Crippen molar-refractivity contribution >= 4 is 34.8 Å². The average molecular weight is 454 g/mol. The first-order valence-corrected chi connectivity index (χ1v) is 11.7. The molecule has 3 rings (SSSR count). The molecule has 1 aliphatic rings. The molecule has 2 amide bonds. The van der Waals surface area contributed by atoms with E-state index in [1.54, 1.807) is 30.3 Å². The standard InChI is InChI=1S/C25H31N3O3S/c1-2-3-17-31-20-12-10-11-19(18-20)23(29)27-25(32)26-22-14-7-6-13-21(22)24(30)28-15-8-4-5-9-16-28/h6-7,10-14,18H,2-5,8-9,15-17H2,1H3,(H2,26,27,29,32). The summed E-state index contributed by atoms with van der Waals surface area (Å²) in [5.41, 5.74) is 1.60. The summed E-state index contributed by atoms with van der Waals surface area (Å²) in [5.74, 6) is 0.305. The number of carbonyl (C=O) groups excluding carboxylic acids is 2. The molecule has 1 aliphatic heterocycles. The number of carbonyl (C=O) groups is 2. The minimum atomic E-state index is -0.334. The summed E-state index contributed by atoms with van der Waals surface area (Å²) in [7, 11) is 0. The quantitative estimate of drug-likeness (QED) is 0.456. The number of rotatable bonds is 7. The number of benzene rings is 2. The van der Waals surface area contributed by atoms with Gasteiger partial charge in [0.2, 0.25) is 0 Å². The highest BCUT2D eigenvalue weighted by Gasteiger charge is 2.20. The van der Waals surface area contributed by atoms with E-state index in [4.69, 9.17) is 17.0 Å². The normalized spacial score (nSPS) is 13.7. The Hall–Kier alpha value is -2.93. The van der Waals surface area contributed by atoms with Gasteiger partial charge in [0.25, 0.3) is 11.8 Å². The van der Waals surface area contributed by atoms with Crippen LogP contribution in [0.3, 0.4) is 0 Å². The van der Waals surface area contributed by atoms with Crippen LogP contribution in [-0.4, -0.2) is 41.5 Å². The number of para-hydroxylation sites is 1. The SMILES string of the molecule is CCCCOc1cccc(C(=O)NC(=S)Nc2ccccc2C(=O)N2CCCCCC2)c1. The van der Waals surface area contributed by atoms with E-state index in [-0.39, 0.29) is 16.9 Å². The van der Waals surface area contributed by atoms with E-state index in [0.717, 1.165) is 51.6 Å². The van der Waals surface area contributed by atoms with Crippen molar-refractivity contribution in [3.8, 4) is 5.75 Å². The number of anilines is 1. The molecule has 2 aromatic carbocycles. The Labute approximate surface area is 195 Å². The predicted molar refractivity (Wildman–Crippen MR) is 131 cm³/mol. The minimum Gasteiger partial charge on any atom is -0.494 e. The summed E-state index contributed by atoms with van der Waals surface area (Å²) in [6.45, 7) is 4.25. The summed E-state index contributed by atoms with van der Waals surface area (Å²) in [5, 5.41) is 5.86. The Morgan fingerprint density at radius 3 is 2.53 bits per heavy atom. The van der Waals surface area contributed by atoms with Gasteiger partial charge >= 0.3 is 0 Å². The molecular weight excluding hydrogens is 422 g/mol. The molecule has 0 atom stereocenters. The van der Waals surface area contributed by atoms with Crippen LogP contribution in [0.5, 0.6) is 5.75 Å². The van der Waals surface area contributed by atoms with E-state index < -0.39 is 0 Å². The average Bonchev–Trinajstić information content (AvgIpc) is 3.09. The number of likely N-dealkylation sites (tertiary alicyclic amines) is 1. The second-order valence-electron chi connectivity index (χ2n) is 7.89. The van der Waals surface area contributed by atoms with Crippen LogP contribution in [0.15, 0.2) is 48.5 Å². The number of unbranched alkanes of at least 4 members (excludes halogenated alkanes) is 1. The van der Waals surface area contributed by atoms with Crippen LogP contribution in [0.4, 0.5) is 5.69 Å². The van der Waals surface area contributed by atoms with Gasteiger partial charge in [-0.3, -0.25) is 14.9 Å². The second-order valence-corrected chi connectivity index (χ2v) is 8.30. The summed E-state index contributed by atoms with van der Waals surface area (Å²) in [6.07, 6.45) is 6.37. The number of hydrogen-bond donors (Lipinski definition) is 2. The third kappa shape index (κ3) is 6.79. The van der Waals surface area contributed by atoms with Gasteiger partial charge in [-0.2, -0.15) is 0 Å². The summed E-state index contributed by atoms with van der Waals surface area (Å²) in [6, 6.07) is 14.3. The van der Waals surface area contributed by atoms with Crippen molar-refractivity contribution in [3.63, 3.8) is 0 Å². The zero-order valence-corrected chi connectivity index (χ0v) is 19.4. The highest BCUT2D eigenvalue weighted by molar-refractivity contribution is 7.80. The molecule has 0 unspecified atom stereocenters. The zero-order chi connectivity index (χ0) is 22.8. The smallest absolute Gasteiger partial charge is 0.257 e. The third-order valence-corrected chi connectivity index (χ3v) is 5.59. The maximum absolute atomic E-state index is 13.1. The Kier molecular flexibility index (Phi) is 9.04. The second kappa shape index (κ2) is 12.2. The van der Waals surface area contributed by atoms with E-state index >= 15 is 0 Å². The lowest BCUT2D eigenvalue weighted by Crippen LogP contribution is -2.36. The number of hydrogen-bond acceptors (Lipinski definition) is 4. The van der Waals surface area contributed by atoms with Gasteiger partial charge in [0.15, 0.2) is 5.11 Å². The van der Waals surface area contributed by atoms with E-state index in [1.165, 1.54) is 0 Å². The van der Waals surface area contributed by atoms with Gasteiger partial charge in [-0.15, -0.1) is 0 Å². The lowest BCUT2D eigenvalue weighted by atomic mass is 10.1. The summed E-state index contributed by atoms with van der Waals surface area (Å²) >= 11 is 5.36. The Morgan fingerprint density at radius 1 is 1.03 bits per heavy atom. The summed E-state index contributed by atoms with van der Waals surface area (Å²) < 4.78 is 5.68. The van der Waals surface area contributed by atoms with E-state index in [1.807, 2.05) is 23.1 Å². The first-order valence-electron chi connectivity index (χ1n) is 11.3. The largest absolute Gasteiger partial charge is 0.494 e. The highest BCUT2D eigenvalue weighted by atomic mass is 32.1. The highest BCUT2D eigenvalue weighted by Crippen LogP contribution is 2.20. The van der Waals surface area contributed by atoms with Crippen LogP contribution in [0, 0.1) is 0 Å². The summed E-state index contributed by atoms with van der Waals surface area (Å²) in [4.78, 5) is 27.6. The first-order chi connectivity index (χ1) is 15.6. The molecule has 0 radical (unpaired) electrons. The van der Waals surface area contributed by atoms with Gasteiger partial charge in [0, 0.05) is 18.7 Å². The molecule has 170 valence electrons. The number of nitrogens with zero attached hydrogens (tertiary/aromatic N) is 1. The Balaban J connectivity index is 1.63. The zero-order valence-electron chi connectivity index (χ0n) is 18.6. The molecule has 0 spiro atoms. The molecule has 0 bridgehead atoms. The van der Waals surface area contributed by atoms with Gasteiger partial charge < -0.3 is 15.0 Å². The van der Waals surface area contributed by atoms with Gasteiger partial charge in [0.1, 0.15) is 5.75 Å². The van der Waals surface area contributed by atoms with Crippen LogP contribution in [0.2, 0.25) is 0 Å². The van der Waals surface area contributed by atoms with Crippen molar-refractivity contribution in [1.29, 1.82) is 0 Å². The lowest BCUT2D eigenvalue weighted by molar-refractivity contribution is 0.0762. The Bertz CT molecular complexity index is 940. The number of ether oxygens (including phenoxy) is 1. The molecular formula is C25H31N3O3S. The first kappa shape index (κ1) is 23.7. The fraction of sp³-hybridized carbons (Fsp3) is 0.400. The molecule has 2 aromatic rings. The van der Waals surface area contributed by atoms with Crippen molar-refractivity contribution in [2.75, 3.05) is 25.0 Å². The molecule has 2 N–H and O–H groups in total. The molecule has 1 fully saturated rings. The van der Waals surface area contributed by atoms with E-state index in [2.05, 4.69) is 17.6 Å². The van der Waals surface area contributed by atoms with E-state index in [0.29, 0.717) is 29.2 Å². The predicted octanol–water partition coefficient (Wildman–Crippen LogP) is 5.01. The van der Waals surface area contributed by atoms with Crippen molar-refractivity contribution in [2.45, 2.75) is 45.4 Å². The van der Waals surface area contributed by atoms with Gasteiger partial charge in [-0.25, -0.2) is 0 Å². The molecule has 0 aromatic heterocycles. The molecule has 0 saturated carbocycles. The maximum Gasteiger partial charge on any atom is 0.257 e. The van der Waals surface area contributed by atoms with E-state index in [9.17, 15) is 9.59 Å².